The van der Waals surface area contributed by atoms with Crippen molar-refractivity contribution in [2.45, 2.75) is 94.0 Å². The number of aliphatic hydroxyl groups is 1. The van der Waals surface area contributed by atoms with Gasteiger partial charge in [0.2, 0.25) is 27.8 Å². The van der Waals surface area contributed by atoms with Crippen LogP contribution in [0.3, 0.4) is 0 Å². The number of hydrogen-bond donors (Lipinski definition) is 5. The third kappa shape index (κ3) is 10.4. The summed E-state index contributed by atoms with van der Waals surface area (Å²) in [5.41, 5.74) is -0.130. The first-order chi connectivity index (χ1) is 27.9. The summed E-state index contributed by atoms with van der Waals surface area (Å²) in [5.74, 6) is -1.05. The van der Waals surface area contributed by atoms with Gasteiger partial charge in [-0.3, -0.25) is 19.8 Å². The highest BCUT2D eigenvalue weighted by Crippen LogP contribution is 2.38. The third-order valence-electron chi connectivity index (χ3n) is 11.7. The van der Waals surface area contributed by atoms with Crippen LogP contribution in [0.15, 0.2) is 47.5 Å². The van der Waals surface area contributed by atoms with Gasteiger partial charge in [0.1, 0.15) is 23.2 Å². The van der Waals surface area contributed by atoms with E-state index in [2.05, 4.69) is 35.5 Å². The number of aromatic nitrogens is 2. The number of anilines is 5. The van der Waals surface area contributed by atoms with Crippen LogP contribution in [0.2, 0.25) is 0 Å². The number of sulfonamides is 1. The van der Waals surface area contributed by atoms with E-state index in [9.17, 15) is 40.7 Å². The quantitative estimate of drug-likeness (QED) is 0.131. The van der Waals surface area contributed by atoms with Crippen molar-refractivity contribution in [1.82, 2.24) is 24.9 Å². The summed E-state index contributed by atoms with van der Waals surface area (Å²) in [7, 11) is -3.87. The molecule has 59 heavy (non-hydrogen) atoms. The topological polar surface area (TPSA) is 172 Å². The zero-order valence-electron chi connectivity index (χ0n) is 33.1. The fourth-order valence-corrected chi connectivity index (χ4v) is 9.89. The van der Waals surface area contributed by atoms with E-state index in [-0.39, 0.29) is 53.3 Å². The van der Waals surface area contributed by atoms with Crippen molar-refractivity contribution in [3.63, 3.8) is 0 Å². The van der Waals surface area contributed by atoms with Gasteiger partial charge in [0.15, 0.2) is 0 Å². The molecular weight excluding hydrogens is 795 g/mol. The summed E-state index contributed by atoms with van der Waals surface area (Å²) in [6, 6.07) is 8.37. The molecule has 3 aromatic rings. The van der Waals surface area contributed by atoms with Crippen LogP contribution in [0, 0.1) is 18.7 Å². The average molecular weight is 846 g/mol. The van der Waals surface area contributed by atoms with E-state index in [1.165, 1.54) is 29.2 Å². The van der Waals surface area contributed by atoms with Crippen molar-refractivity contribution in [1.29, 1.82) is 0 Å². The van der Waals surface area contributed by atoms with Crippen LogP contribution in [0.1, 0.15) is 69.4 Å². The molecule has 5 N–H and O–H groups in total. The van der Waals surface area contributed by atoms with Gasteiger partial charge in [0, 0.05) is 75.8 Å². The number of hydrogen-bond acceptors (Lipinski definition) is 12. The number of benzene rings is 2. The number of halogens is 4. The first kappa shape index (κ1) is 42.5. The Hall–Kier alpha value is -4.59. The van der Waals surface area contributed by atoms with Gasteiger partial charge < -0.3 is 25.5 Å². The number of alkyl halides is 3. The van der Waals surface area contributed by atoms with E-state index in [4.69, 9.17) is 0 Å². The minimum absolute atomic E-state index is 0.0131. The number of piperazine rings is 1. The van der Waals surface area contributed by atoms with Gasteiger partial charge in [-0.2, -0.15) is 18.2 Å². The molecule has 1 aliphatic carbocycles. The summed E-state index contributed by atoms with van der Waals surface area (Å²) >= 11 is 0. The lowest BCUT2D eigenvalue weighted by Gasteiger charge is -2.39. The number of nitrogens with one attached hydrogen (secondary N) is 4. The molecule has 2 atom stereocenters. The summed E-state index contributed by atoms with van der Waals surface area (Å²) in [6.45, 7) is 7.16. The molecule has 0 spiro atoms. The standard InChI is InChI=1S/C40H51F4N9O5S/c1-25-20-29(9-11-32(25)47-38-45-22-30(40(42,43)44)36(49-38)53-15-3-14-39(2,56)24-53)59(57,58)50-27-6-4-26(5-7-27)23-51-16-18-52(19-17-51)34-21-28(8-10-31(34)41)46-33-12-13-35(54)48-37(33)55/h8-11,20-22,26-27,33,46,50,56H,3-7,12-19,23-24H2,1-2H3,(H,45,47,49)(H,48,54,55)/t26?,27?,33-,39-/m0/s1. The van der Waals surface area contributed by atoms with Crippen LogP contribution in [0.5, 0.6) is 0 Å². The molecule has 14 nitrogen and oxygen atoms in total. The maximum Gasteiger partial charge on any atom is 0.421 e. The molecule has 1 aromatic heterocycles. The zero-order valence-corrected chi connectivity index (χ0v) is 33.9. The monoisotopic (exact) mass is 845 g/mol. The Bertz CT molecular complexity index is 2140. The second kappa shape index (κ2) is 17.2. The van der Waals surface area contributed by atoms with Crippen molar-refractivity contribution in [3.05, 3.63) is 59.5 Å². The van der Waals surface area contributed by atoms with Gasteiger partial charge in [-0.05, 0) is 107 Å². The number of rotatable bonds is 11. The molecule has 0 unspecified atom stereocenters. The summed E-state index contributed by atoms with van der Waals surface area (Å²) in [5, 5.41) is 18.9. The predicted octanol–water partition coefficient (Wildman–Crippen LogP) is 4.91. The lowest BCUT2D eigenvalue weighted by molar-refractivity contribution is -0.138. The fourth-order valence-electron chi connectivity index (χ4n) is 8.50. The highest BCUT2D eigenvalue weighted by molar-refractivity contribution is 7.89. The number of aryl methyl sites for hydroxylation is 1. The van der Waals surface area contributed by atoms with E-state index in [1.807, 2.05) is 4.90 Å². The second-order valence-electron chi connectivity index (χ2n) is 16.5. The summed E-state index contributed by atoms with van der Waals surface area (Å²) in [4.78, 5) is 37.7. The van der Waals surface area contributed by atoms with Crippen molar-refractivity contribution in [3.8, 4) is 0 Å². The molecule has 2 aromatic carbocycles. The van der Waals surface area contributed by atoms with Crippen molar-refractivity contribution in [2.24, 2.45) is 5.92 Å². The number of carbonyl (C=O) groups is 2. The smallest absolute Gasteiger partial charge is 0.388 e. The van der Waals surface area contributed by atoms with Gasteiger partial charge in [0.25, 0.3) is 0 Å². The molecule has 19 heteroatoms. The van der Waals surface area contributed by atoms with Crippen LogP contribution in [0.4, 0.5) is 46.4 Å². The second-order valence-corrected chi connectivity index (χ2v) is 18.2. The van der Waals surface area contributed by atoms with Gasteiger partial charge in [0.05, 0.1) is 16.2 Å². The number of carbonyl (C=O) groups excluding carboxylic acids is 2. The first-order valence-electron chi connectivity index (χ1n) is 20.1. The molecule has 3 saturated heterocycles. The Kier molecular flexibility index (Phi) is 12.4. The predicted molar refractivity (Wildman–Crippen MR) is 214 cm³/mol. The average Bonchev–Trinajstić information content (AvgIpc) is 3.17. The van der Waals surface area contributed by atoms with Gasteiger partial charge >= 0.3 is 6.18 Å². The van der Waals surface area contributed by atoms with Crippen molar-refractivity contribution in [2.75, 3.05) is 66.2 Å². The van der Waals surface area contributed by atoms with Crippen LogP contribution in [0.25, 0.3) is 0 Å². The molecule has 0 bridgehead atoms. The maximum atomic E-state index is 14.9. The lowest BCUT2D eigenvalue weighted by atomic mass is 9.86. The summed E-state index contributed by atoms with van der Waals surface area (Å²) in [6.07, 6.45) is 0.659. The molecular formula is C40H51F4N9O5S. The minimum atomic E-state index is -4.70. The Morgan fingerprint density at radius 1 is 0.983 bits per heavy atom. The first-order valence-corrected chi connectivity index (χ1v) is 21.6. The zero-order chi connectivity index (χ0) is 42.1. The van der Waals surface area contributed by atoms with E-state index in [1.54, 1.807) is 26.0 Å². The SMILES string of the molecule is Cc1cc(S(=O)(=O)NC2CCC(CN3CCN(c4cc(N[C@H]5CCC(=O)NC5=O)ccc4F)CC3)CC2)ccc1Nc1ncc(C(F)(F)F)c(N2CCC[C@](C)(O)C2)n1. The Balaban J connectivity index is 0.892. The lowest BCUT2D eigenvalue weighted by Crippen LogP contribution is -2.49. The Morgan fingerprint density at radius 3 is 2.41 bits per heavy atom. The molecule has 4 aliphatic rings. The van der Waals surface area contributed by atoms with Crippen LogP contribution < -0.4 is 30.5 Å². The van der Waals surface area contributed by atoms with Crippen molar-refractivity contribution < 1.29 is 40.7 Å². The van der Waals surface area contributed by atoms with Crippen molar-refractivity contribution >= 4 is 50.7 Å². The minimum Gasteiger partial charge on any atom is -0.388 e. The summed E-state index contributed by atoms with van der Waals surface area (Å²) < 4.78 is 86.5. The number of imide groups is 1. The van der Waals surface area contributed by atoms with Gasteiger partial charge in [-0.15, -0.1) is 0 Å². The molecule has 4 fully saturated rings. The Morgan fingerprint density at radius 2 is 1.73 bits per heavy atom. The highest BCUT2D eigenvalue weighted by Gasteiger charge is 2.39. The van der Waals surface area contributed by atoms with Gasteiger partial charge in [-0.25, -0.2) is 22.5 Å². The number of piperidine rings is 2. The normalized spacial score (nSPS) is 24.8. The fraction of sp³-hybridized carbons (Fsp3) is 0.550. The van der Waals surface area contributed by atoms with E-state index in [0.717, 1.165) is 38.7 Å². The number of β-amino-alcohol motifs (C(OH)–C–C–N with tert-alkyl or cyclic N) is 1. The van der Waals surface area contributed by atoms with Crippen LogP contribution in [-0.2, 0) is 25.8 Å². The van der Waals surface area contributed by atoms with E-state index in [0.29, 0.717) is 80.3 Å². The van der Waals surface area contributed by atoms with E-state index < -0.39 is 33.4 Å². The van der Waals surface area contributed by atoms with E-state index >= 15 is 0 Å². The highest BCUT2D eigenvalue weighted by atomic mass is 32.2. The van der Waals surface area contributed by atoms with Crippen LogP contribution >= 0.6 is 0 Å². The largest absolute Gasteiger partial charge is 0.421 e. The molecule has 4 heterocycles. The molecule has 320 valence electrons. The maximum absolute atomic E-state index is 14.9. The molecule has 3 aliphatic heterocycles. The molecule has 1 saturated carbocycles. The molecule has 2 amide bonds. The number of nitrogens with zero attached hydrogens (tertiary/aromatic N) is 5. The van der Waals surface area contributed by atoms with Gasteiger partial charge in [-0.1, -0.05) is 0 Å². The molecule has 7 rings (SSSR count). The number of amides is 2. The third-order valence-corrected chi connectivity index (χ3v) is 13.2. The Labute approximate surface area is 341 Å². The van der Waals surface area contributed by atoms with Crippen LogP contribution in [-0.4, -0.2) is 104 Å². The molecule has 0 radical (unpaired) electrons.